The number of nitrogens with zero attached hydrogens (tertiary/aromatic N) is 2. The number of carbonyl (C=O) groups excluding carboxylic acids is 1. The molecule has 18 heavy (non-hydrogen) atoms. The number of hydrogen-bond acceptors (Lipinski definition) is 3. The van der Waals surface area contributed by atoms with Gasteiger partial charge in [-0.15, -0.1) is 0 Å². The lowest BCUT2D eigenvalue weighted by atomic mass is 10.0. The fourth-order valence-corrected chi connectivity index (χ4v) is 2.34. The Kier molecular flexibility index (Phi) is 3.62. The molecule has 0 saturated carbocycles. The first-order valence-corrected chi connectivity index (χ1v) is 5.97. The van der Waals surface area contributed by atoms with E-state index in [1.54, 1.807) is 5.01 Å². The molecule has 1 fully saturated rings. The van der Waals surface area contributed by atoms with Crippen molar-refractivity contribution >= 4 is 11.9 Å². The molecule has 0 bridgehead atoms. The van der Waals surface area contributed by atoms with Gasteiger partial charge in [0.25, 0.3) is 0 Å². The minimum atomic E-state index is -0.927. The number of hydrazine groups is 1. The number of carboxylic acids is 1. The van der Waals surface area contributed by atoms with E-state index < -0.39 is 5.97 Å². The average molecular weight is 248 g/mol. The van der Waals surface area contributed by atoms with Gasteiger partial charge in [0.1, 0.15) is 6.54 Å². The topological polar surface area (TPSA) is 60.9 Å². The smallest absolute Gasteiger partial charge is 0.319 e. The lowest BCUT2D eigenvalue weighted by molar-refractivity contribution is -0.148. The minimum absolute atomic E-state index is 0.0207. The summed E-state index contributed by atoms with van der Waals surface area (Å²) in [5.74, 6) is -0.948. The van der Waals surface area contributed by atoms with Gasteiger partial charge in [-0.05, 0) is 12.5 Å². The summed E-state index contributed by atoms with van der Waals surface area (Å²) in [7, 11) is 0. The Hall–Kier alpha value is -1.88. The SMILES string of the molecule is CCN1C(=O)CC(c2ccccc2)N1CC(=O)O. The van der Waals surface area contributed by atoms with Crippen molar-refractivity contribution in [1.82, 2.24) is 10.0 Å². The van der Waals surface area contributed by atoms with Crippen molar-refractivity contribution in [2.24, 2.45) is 0 Å². The predicted molar refractivity (Wildman–Crippen MR) is 65.5 cm³/mol. The Balaban J connectivity index is 2.28. The van der Waals surface area contributed by atoms with Crippen LogP contribution in [0.5, 0.6) is 0 Å². The van der Waals surface area contributed by atoms with Crippen LogP contribution >= 0.6 is 0 Å². The van der Waals surface area contributed by atoms with Gasteiger partial charge < -0.3 is 5.11 Å². The molecule has 1 atom stereocenters. The molecule has 96 valence electrons. The first-order chi connectivity index (χ1) is 8.63. The van der Waals surface area contributed by atoms with E-state index in [0.29, 0.717) is 13.0 Å². The van der Waals surface area contributed by atoms with Crippen LogP contribution in [-0.2, 0) is 9.59 Å². The van der Waals surface area contributed by atoms with E-state index in [1.165, 1.54) is 5.01 Å². The summed E-state index contributed by atoms with van der Waals surface area (Å²) in [5, 5.41) is 12.1. The highest BCUT2D eigenvalue weighted by Gasteiger charge is 2.38. The molecular weight excluding hydrogens is 232 g/mol. The summed E-state index contributed by atoms with van der Waals surface area (Å²) >= 11 is 0. The molecule has 1 aromatic carbocycles. The largest absolute Gasteiger partial charge is 0.480 e. The van der Waals surface area contributed by atoms with Crippen molar-refractivity contribution in [1.29, 1.82) is 0 Å². The molecule has 1 aliphatic rings. The van der Waals surface area contributed by atoms with Gasteiger partial charge in [0.05, 0.1) is 6.04 Å². The maximum Gasteiger partial charge on any atom is 0.319 e. The van der Waals surface area contributed by atoms with Crippen molar-refractivity contribution in [3.63, 3.8) is 0 Å². The molecule has 1 heterocycles. The number of amides is 1. The standard InChI is InChI=1S/C13H16N2O3/c1-2-14-12(16)8-11(15(14)9-13(17)18)10-6-4-3-5-7-10/h3-7,11H,2,8-9H2,1H3,(H,17,18). The van der Waals surface area contributed by atoms with Crippen molar-refractivity contribution in [2.45, 2.75) is 19.4 Å². The second-order valence-corrected chi connectivity index (χ2v) is 4.23. The zero-order valence-corrected chi connectivity index (χ0v) is 10.2. The molecule has 5 heteroatoms. The summed E-state index contributed by atoms with van der Waals surface area (Å²) in [6, 6.07) is 9.37. The number of benzene rings is 1. The van der Waals surface area contributed by atoms with Crippen LogP contribution in [0.15, 0.2) is 30.3 Å². The zero-order valence-electron chi connectivity index (χ0n) is 10.2. The summed E-state index contributed by atoms with van der Waals surface area (Å²) in [6.45, 7) is 2.19. The third-order valence-corrected chi connectivity index (χ3v) is 3.11. The summed E-state index contributed by atoms with van der Waals surface area (Å²) in [5.41, 5.74) is 0.975. The van der Waals surface area contributed by atoms with Crippen LogP contribution in [0.25, 0.3) is 0 Å². The molecule has 1 amide bonds. The minimum Gasteiger partial charge on any atom is -0.480 e. The molecule has 2 rings (SSSR count). The number of carbonyl (C=O) groups is 2. The second-order valence-electron chi connectivity index (χ2n) is 4.23. The highest BCUT2D eigenvalue weighted by molar-refractivity contribution is 5.80. The monoisotopic (exact) mass is 248 g/mol. The molecule has 1 N–H and O–H groups in total. The molecule has 0 radical (unpaired) electrons. The quantitative estimate of drug-likeness (QED) is 0.872. The Labute approximate surface area is 106 Å². The third-order valence-electron chi connectivity index (χ3n) is 3.11. The molecule has 1 aromatic rings. The lowest BCUT2D eigenvalue weighted by Crippen LogP contribution is -2.42. The summed E-state index contributed by atoms with van der Waals surface area (Å²) in [4.78, 5) is 22.8. The summed E-state index contributed by atoms with van der Waals surface area (Å²) < 4.78 is 0. The Bertz CT molecular complexity index is 447. The van der Waals surface area contributed by atoms with Gasteiger partial charge in [0, 0.05) is 13.0 Å². The highest BCUT2D eigenvalue weighted by atomic mass is 16.4. The van der Waals surface area contributed by atoms with Gasteiger partial charge in [0.2, 0.25) is 5.91 Å². The molecule has 1 unspecified atom stereocenters. The van der Waals surface area contributed by atoms with E-state index in [9.17, 15) is 9.59 Å². The number of rotatable bonds is 4. The van der Waals surface area contributed by atoms with Crippen LogP contribution in [0.1, 0.15) is 24.9 Å². The van der Waals surface area contributed by atoms with Crippen LogP contribution in [0, 0.1) is 0 Å². The molecular formula is C13H16N2O3. The van der Waals surface area contributed by atoms with E-state index in [-0.39, 0.29) is 18.5 Å². The third kappa shape index (κ3) is 2.36. The van der Waals surface area contributed by atoms with Gasteiger partial charge >= 0.3 is 5.97 Å². The zero-order chi connectivity index (χ0) is 13.1. The fraction of sp³-hybridized carbons (Fsp3) is 0.385. The van der Waals surface area contributed by atoms with Crippen molar-refractivity contribution in [3.05, 3.63) is 35.9 Å². The predicted octanol–water partition coefficient (Wildman–Crippen LogP) is 1.28. The fourth-order valence-electron chi connectivity index (χ4n) is 2.34. The number of carboxylic acid groups (broad SMARTS) is 1. The molecule has 1 aliphatic heterocycles. The first-order valence-electron chi connectivity index (χ1n) is 5.97. The van der Waals surface area contributed by atoms with E-state index in [2.05, 4.69) is 0 Å². The van der Waals surface area contributed by atoms with Crippen LogP contribution in [0.3, 0.4) is 0 Å². The highest BCUT2D eigenvalue weighted by Crippen LogP contribution is 2.32. The Morgan fingerprint density at radius 1 is 1.39 bits per heavy atom. The number of aliphatic carboxylic acids is 1. The van der Waals surface area contributed by atoms with Gasteiger partial charge in [-0.3, -0.25) is 14.6 Å². The van der Waals surface area contributed by atoms with E-state index in [1.807, 2.05) is 37.3 Å². The van der Waals surface area contributed by atoms with Crippen molar-refractivity contribution < 1.29 is 14.7 Å². The maximum atomic E-state index is 11.9. The number of hydrogen-bond donors (Lipinski definition) is 1. The Morgan fingerprint density at radius 2 is 2.06 bits per heavy atom. The first kappa shape index (κ1) is 12.6. The Morgan fingerprint density at radius 3 is 2.61 bits per heavy atom. The molecule has 0 aromatic heterocycles. The molecule has 1 saturated heterocycles. The van der Waals surface area contributed by atoms with Gasteiger partial charge in [-0.1, -0.05) is 30.3 Å². The average Bonchev–Trinajstić information content (AvgIpc) is 2.66. The molecule has 0 spiro atoms. The second kappa shape index (κ2) is 5.18. The molecule has 5 nitrogen and oxygen atoms in total. The van der Waals surface area contributed by atoms with E-state index >= 15 is 0 Å². The van der Waals surface area contributed by atoms with E-state index in [0.717, 1.165) is 5.56 Å². The summed E-state index contributed by atoms with van der Waals surface area (Å²) in [6.07, 6.45) is 0.338. The molecule has 0 aliphatic carbocycles. The van der Waals surface area contributed by atoms with Gasteiger partial charge in [-0.25, -0.2) is 0 Å². The van der Waals surface area contributed by atoms with Crippen LogP contribution in [0.4, 0.5) is 0 Å². The van der Waals surface area contributed by atoms with Crippen LogP contribution in [0.2, 0.25) is 0 Å². The van der Waals surface area contributed by atoms with E-state index in [4.69, 9.17) is 5.11 Å². The van der Waals surface area contributed by atoms with Crippen molar-refractivity contribution in [3.8, 4) is 0 Å². The lowest BCUT2D eigenvalue weighted by Gasteiger charge is -2.29. The van der Waals surface area contributed by atoms with Gasteiger partial charge in [0.15, 0.2) is 0 Å². The van der Waals surface area contributed by atoms with Crippen molar-refractivity contribution in [2.75, 3.05) is 13.1 Å². The maximum absolute atomic E-state index is 11.9. The normalized spacial score (nSPS) is 20.4. The van der Waals surface area contributed by atoms with Crippen LogP contribution in [-0.4, -0.2) is 40.1 Å². The van der Waals surface area contributed by atoms with Gasteiger partial charge in [-0.2, -0.15) is 5.01 Å². The van der Waals surface area contributed by atoms with Crippen LogP contribution < -0.4 is 0 Å².